The molecule has 1 aromatic heterocycles. The standard InChI is InChI=1S/C29H38N4O8S/c1-18(2)14-33(42(37,38)20-8-9-22-23(13-20)31-27(16-34)30-22)15-25(35)24(12-19-6-4-3-5-7-19)32-29(36)41-26-17-40-28-21(26)10-11-39-28/h3-9,13,18,21,24-26,28,34-35H,10-12,14-17H2,1-2H3,(H,30,31)(H,32,36)/t21-,24-,25+,26-,28+/m0/s1. The lowest BCUT2D eigenvalue weighted by molar-refractivity contribution is -0.0907. The molecule has 2 aliphatic rings. The van der Waals surface area contributed by atoms with Crippen molar-refractivity contribution >= 4 is 27.1 Å². The molecule has 2 saturated heterocycles. The zero-order valence-corrected chi connectivity index (χ0v) is 24.5. The van der Waals surface area contributed by atoms with E-state index in [0.717, 1.165) is 12.0 Å². The van der Waals surface area contributed by atoms with Crippen molar-refractivity contribution in [3.63, 3.8) is 0 Å². The van der Waals surface area contributed by atoms with Crippen LogP contribution in [0.1, 0.15) is 31.7 Å². The van der Waals surface area contributed by atoms with Crippen molar-refractivity contribution in [1.82, 2.24) is 19.6 Å². The van der Waals surface area contributed by atoms with Gasteiger partial charge in [-0.3, -0.25) is 0 Å². The van der Waals surface area contributed by atoms with E-state index in [1.807, 2.05) is 44.2 Å². The molecule has 42 heavy (non-hydrogen) atoms. The van der Waals surface area contributed by atoms with Crippen molar-refractivity contribution in [3.8, 4) is 0 Å². The minimum Gasteiger partial charge on any atom is -0.443 e. The first kappa shape index (κ1) is 30.4. The Kier molecular flexibility index (Phi) is 9.45. The smallest absolute Gasteiger partial charge is 0.407 e. The highest BCUT2D eigenvalue weighted by molar-refractivity contribution is 7.89. The summed E-state index contributed by atoms with van der Waals surface area (Å²) in [7, 11) is -4.05. The maximum absolute atomic E-state index is 13.9. The van der Waals surface area contributed by atoms with Gasteiger partial charge in [0.15, 0.2) is 6.29 Å². The number of aliphatic hydroxyl groups is 2. The maximum atomic E-state index is 13.9. The van der Waals surface area contributed by atoms with E-state index in [4.69, 9.17) is 14.2 Å². The van der Waals surface area contributed by atoms with Gasteiger partial charge in [0, 0.05) is 13.1 Å². The van der Waals surface area contributed by atoms with Gasteiger partial charge in [0.25, 0.3) is 0 Å². The van der Waals surface area contributed by atoms with Gasteiger partial charge in [-0.15, -0.1) is 0 Å². The summed E-state index contributed by atoms with van der Waals surface area (Å²) in [6, 6.07) is 13.0. The summed E-state index contributed by atoms with van der Waals surface area (Å²) in [5, 5.41) is 23.7. The Morgan fingerprint density at radius 1 is 1.19 bits per heavy atom. The van der Waals surface area contributed by atoms with Crippen molar-refractivity contribution < 1.29 is 37.6 Å². The topological polar surface area (TPSA) is 163 Å². The summed E-state index contributed by atoms with van der Waals surface area (Å²) in [5.41, 5.74) is 1.86. The summed E-state index contributed by atoms with van der Waals surface area (Å²) in [6.45, 7) is 4.14. The monoisotopic (exact) mass is 602 g/mol. The molecule has 2 aromatic carbocycles. The third-order valence-electron chi connectivity index (χ3n) is 7.56. The largest absolute Gasteiger partial charge is 0.443 e. The highest BCUT2D eigenvalue weighted by Gasteiger charge is 2.44. The Morgan fingerprint density at radius 3 is 2.71 bits per heavy atom. The van der Waals surface area contributed by atoms with E-state index in [0.29, 0.717) is 23.5 Å². The third-order valence-corrected chi connectivity index (χ3v) is 9.39. The first-order valence-electron chi connectivity index (χ1n) is 14.2. The summed E-state index contributed by atoms with van der Waals surface area (Å²) in [6.07, 6.45) is -1.82. The SMILES string of the molecule is CC(C)CN(C[C@@H](O)[C@H](Cc1ccccc1)NC(=O)O[C@H]1CO[C@H]2OCC[C@H]21)S(=O)(=O)c1ccc2nc(CO)[nH]c2c1. The van der Waals surface area contributed by atoms with Crippen LogP contribution in [0.5, 0.6) is 0 Å². The predicted molar refractivity (Wildman–Crippen MR) is 153 cm³/mol. The first-order chi connectivity index (χ1) is 20.1. The number of rotatable bonds is 12. The van der Waals surface area contributed by atoms with Crippen molar-refractivity contribution in [3.05, 3.63) is 59.9 Å². The number of benzene rings is 2. The number of nitrogens with zero attached hydrogens (tertiary/aromatic N) is 2. The van der Waals surface area contributed by atoms with E-state index in [-0.39, 0.29) is 55.7 Å². The highest BCUT2D eigenvalue weighted by Crippen LogP contribution is 2.33. The van der Waals surface area contributed by atoms with Crippen LogP contribution in [0.15, 0.2) is 53.4 Å². The number of H-pyrrole nitrogens is 1. The van der Waals surface area contributed by atoms with Crippen molar-refractivity contribution in [1.29, 1.82) is 0 Å². The molecule has 5 atom stereocenters. The minimum atomic E-state index is -4.05. The molecule has 0 aliphatic carbocycles. The van der Waals surface area contributed by atoms with Gasteiger partial charge in [0.05, 0.1) is 47.2 Å². The quantitative estimate of drug-likeness (QED) is 0.243. The fourth-order valence-electron chi connectivity index (χ4n) is 5.46. The molecular formula is C29H38N4O8S. The Morgan fingerprint density at radius 2 is 1.98 bits per heavy atom. The van der Waals surface area contributed by atoms with Crippen LogP contribution in [0.2, 0.25) is 0 Å². The molecule has 0 saturated carbocycles. The second-order valence-corrected chi connectivity index (χ2v) is 13.2. The summed E-state index contributed by atoms with van der Waals surface area (Å²) in [5.74, 6) is 0.245. The number of sulfonamides is 1. The second kappa shape index (κ2) is 13.1. The number of imidazole rings is 1. The van der Waals surface area contributed by atoms with Gasteiger partial charge in [-0.2, -0.15) is 4.31 Å². The number of carbonyl (C=O) groups excluding carboxylic acids is 1. The molecule has 13 heteroatoms. The number of hydrogen-bond acceptors (Lipinski definition) is 9. The van der Waals surface area contributed by atoms with Gasteiger partial charge >= 0.3 is 6.09 Å². The van der Waals surface area contributed by atoms with E-state index in [9.17, 15) is 23.4 Å². The molecule has 12 nitrogen and oxygen atoms in total. The molecule has 0 radical (unpaired) electrons. The minimum absolute atomic E-state index is 0.0255. The van der Waals surface area contributed by atoms with Crippen LogP contribution in [0.25, 0.3) is 11.0 Å². The van der Waals surface area contributed by atoms with Gasteiger partial charge in [0.2, 0.25) is 10.0 Å². The van der Waals surface area contributed by atoms with Crippen LogP contribution in [-0.4, -0.2) is 89.8 Å². The fraction of sp³-hybridized carbons (Fsp3) is 0.517. The zero-order valence-electron chi connectivity index (χ0n) is 23.7. The number of ether oxygens (including phenoxy) is 3. The van der Waals surface area contributed by atoms with E-state index in [1.54, 1.807) is 6.07 Å². The molecule has 228 valence electrons. The van der Waals surface area contributed by atoms with Gasteiger partial charge in [0.1, 0.15) is 18.5 Å². The Balaban J connectivity index is 1.35. The van der Waals surface area contributed by atoms with Crippen molar-refractivity contribution in [2.45, 2.75) is 62.7 Å². The number of nitrogens with one attached hydrogen (secondary N) is 2. The van der Waals surface area contributed by atoms with E-state index in [1.165, 1.54) is 16.4 Å². The van der Waals surface area contributed by atoms with E-state index >= 15 is 0 Å². The number of fused-ring (bicyclic) bond motifs is 2. The normalized spacial score (nSPS) is 22.0. The van der Waals surface area contributed by atoms with Crippen LogP contribution in [0.3, 0.4) is 0 Å². The van der Waals surface area contributed by atoms with Gasteiger partial charge in [-0.05, 0) is 42.5 Å². The maximum Gasteiger partial charge on any atom is 0.407 e. The molecule has 2 fully saturated rings. The van der Waals surface area contributed by atoms with Gasteiger partial charge in [-0.25, -0.2) is 18.2 Å². The first-order valence-corrected chi connectivity index (χ1v) is 15.6. The number of amides is 1. The average molecular weight is 603 g/mol. The van der Waals surface area contributed by atoms with Crippen LogP contribution in [0, 0.1) is 11.8 Å². The van der Waals surface area contributed by atoms with Crippen molar-refractivity contribution in [2.24, 2.45) is 11.8 Å². The number of hydrogen-bond donors (Lipinski definition) is 4. The van der Waals surface area contributed by atoms with Gasteiger partial charge < -0.3 is 34.7 Å². The molecule has 0 bridgehead atoms. The average Bonchev–Trinajstić information content (AvgIpc) is 3.69. The Labute approximate surface area is 245 Å². The molecule has 1 amide bonds. The number of aromatic nitrogens is 2. The van der Waals surface area contributed by atoms with E-state index in [2.05, 4.69) is 15.3 Å². The summed E-state index contributed by atoms with van der Waals surface area (Å²) >= 11 is 0. The number of aromatic amines is 1. The van der Waals surface area contributed by atoms with Gasteiger partial charge in [-0.1, -0.05) is 44.2 Å². The molecule has 2 aliphatic heterocycles. The fourth-order valence-corrected chi connectivity index (χ4v) is 7.11. The molecule has 3 heterocycles. The molecule has 0 spiro atoms. The molecule has 0 unspecified atom stereocenters. The highest BCUT2D eigenvalue weighted by atomic mass is 32.2. The van der Waals surface area contributed by atoms with Crippen molar-refractivity contribution in [2.75, 3.05) is 26.3 Å². The summed E-state index contributed by atoms with van der Waals surface area (Å²) in [4.78, 5) is 20.2. The lowest BCUT2D eigenvalue weighted by atomic mass is 10.0. The Bertz CT molecular complexity index is 1460. The van der Waals surface area contributed by atoms with Crippen LogP contribution < -0.4 is 5.32 Å². The molecule has 4 N–H and O–H groups in total. The molecular weight excluding hydrogens is 564 g/mol. The second-order valence-electron chi connectivity index (χ2n) is 11.2. The van der Waals surface area contributed by atoms with Crippen LogP contribution in [-0.2, 0) is 37.3 Å². The number of alkyl carbamates (subject to hydrolysis) is 1. The third kappa shape index (κ3) is 6.93. The van der Waals surface area contributed by atoms with Crippen LogP contribution >= 0.6 is 0 Å². The zero-order chi connectivity index (χ0) is 29.9. The summed E-state index contributed by atoms with van der Waals surface area (Å²) < 4.78 is 45.7. The van der Waals surface area contributed by atoms with Crippen LogP contribution in [0.4, 0.5) is 4.79 Å². The lowest BCUT2D eigenvalue weighted by Crippen LogP contribution is -2.51. The predicted octanol–water partition coefficient (Wildman–Crippen LogP) is 2.16. The molecule has 3 aromatic rings. The number of carbonyl (C=O) groups is 1. The number of aliphatic hydroxyl groups excluding tert-OH is 2. The Hall–Kier alpha value is -3.07. The molecule has 5 rings (SSSR count). The lowest BCUT2D eigenvalue weighted by Gasteiger charge is -2.31. The van der Waals surface area contributed by atoms with E-state index < -0.39 is 34.4 Å².